The molecule has 1 amide bonds. The van der Waals surface area contributed by atoms with Gasteiger partial charge in [0.15, 0.2) is 5.25 Å². The summed E-state index contributed by atoms with van der Waals surface area (Å²) in [6.45, 7) is 0. The predicted octanol–water partition coefficient (Wildman–Crippen LogP) is -0.170. The average molecular weight is 159 g/mol. The molecule has 0 spiro atoms. The Labute approximate surface area is 61.6 Å². The van der Waals surface area contributed by atoms with Gasteiger partial charge in [0.2, 0.25) is 0 Å². The standard InChI is InChI=1S/C5H5NO3S/c1-9-5-6-4(8)3(2-7)10-5/h2-3H,1H3. The van der Waals surface area contributed by atoms with E-state index >= 15 is 0 Å². The molecule has 0 bridgehead atoms. The molecule has 0 N–H and O–H groups in total. The summed E-state index contributed by atoms with van der Waals surface area (Å²) < 4.78 is 4.65. The third-order valence-electron chi connectivity index (χ3n) is 0.971. The van der Waals surface area contributed by atoms with Crippen LogP contribution in [0.25, 0.3) is 0 Å². The van der Waals surface area contributed by atoms with Gasteiger partial charge in [0.05, 0.1) is 7.11 Å². The molecule has 0 saturated carbocycles. The van der Waals surface area contributed by atoms with E-state index in [9.17, 15) is 9.59 Å². The van der Waals surface area contributed by atoms with Crippen molar-refractivity contribution in [2.45, 2.75) is 5.25 Å². The zero-order valence-corrected chi connectivity index (χ0v) is 6.05. The fourth-order valence-corrected chi connectivity index (χ4v) is 1.18. The van der Waals surface area contributed by atoms with Gasteiger partial charge >= 0.3 is 0 Å². The number of amides is 1. The molecule has 1 unspecified atom stereocenters. The molecule has 1 aliphatic rings. The van der Waals surface area contributed by atoms with E-state index in [1.165, 1.54) is 7.11 Å². The van der Waals surface area contributed by atoms with Crippen molar-refractivity contribution >= 4 is 29.2 Å². The molecule has 1 rings (SSSR count). The number of ether oxygens (including phenoxy) is 1. The van der Waals surface area contributed by atoms with Gasteiger partial charge in [-0.3, -0.25) is 4.79 Å². The fraction of sp³-hybridized carbons (Fsp3) is 0.400. The molecule has 1 aliphatic heterocycles. The van der Waals surface area contributed by atoms with Crippen molar-refractivity contribution < 1.29 is 14.3 Å². The van der Waals surface area contributed by atoms with Crippen LogP contribution < -0.4 is 0 Å². The number of aliphatic imine (C=N–C) groups is 1. The van der Waals surface area contributed by atoms with Crippen LogP contribution in [0.3, 0.4) is 0 Å². The Morgan fingerprint density at radius 3 is 2.80 bits per heavy atom. The van der Waals surface area contributed by atoms with Crippen LogP contribution in [0.4, 0.5) is 0 Å². The molecule has 54 valence electrons. The van der Waals surface area contributed by atoms with Crippen molar-refractivity contribution in [3.05, 3.63) is 0 Å². The van der Waals surface area contributed by atoms with Gasteiger partial charge in [-0.2, -0.15) is 4.99 Å². The largest absolute Gasteiger partial charge is 0.476 e. The van der Waals surface area contributed by atoms with E-state index in [1.54, 1.807) is 0 Å². The van der Waals surface area contributed by atoms with Gasteiger partial charge in [0.1, 0.15) is 6.29 Å². The highest BCUT2D eigenvalue weighted by Gasteiger charge is 2.28. The Hall–Kier alpha value is -0.840. The van der Waals surface area contributed by atoms with Gasteiger partial charge < -0.3 is 9.53 Å². The van der Waals surface area contributed by atoms with Gasteiger partial charge in [-0.05, 0) is 11.8 Å². The van der Waals surface area contributed by atoms with Gasteiger partial charge in [-0.1, -0.05) is 0 Å². The molecule has 1 heterocycles. The van der Waals surface area contributed by atoms with Crippen LogP contribution in [0, 0.1) is 0 Å². The summed E-state index contributed by atoms with van der Waals surface area (Å²) in [5.41, 5.74) is 0. The van der Waals surface area contributed by atoms with Crippen LogP contribution >= 0.6 is 11.8 Å². The molecular formula is C5H5NO3S. The van der Waals surface area contributed by atoms with E-state index in [0.29, 0.717) is 6.29 Å². The Kier molecular flexibility index (Phi) is 2.06. The number of carbonyl (C=O) groups excluding carboxylic acids is 2. The van der Waals surface area contributed by atoms with Crippen LogP contribution in [0.5, 0.6) is 0 Å². The van der Waals surface area contributed by atoms with Gasteiger partial charge in [0, 0.05) is 0 Å². The van der Waals surface area contributed by atoms with Crippen LogP contribution in [0.15, 0.2) is 4.99 Å². The van der Waals surface area contributed by atoms with Gasteiger partial charge in [-0.25, -0.2) is 0 Å². The first-order chi connectivity index (χ1) is 4.77. The molecule has 4 nitrogen and oxygen atoms in total. The highest BCUT2D eigenvalue weighted by molar-refractivity contribution is 8.15. The molecular weight excluding hydrogens is 154 g/mol. The van der Waals surface area contributed by atoms with Crippen LogP contribution in [-0.4, -0.2) is 29.8 Å². The molecule has 0 aromatic carbocycles. The lowest BCUT2D eigenvalue weighted by Gasteiger charge is -1.93. The first-order valence-corrected chi connectivity index (χ1v) is 3.44. The van der Waals surface area contributed by atoms with Crippen molar-refractivity contribution in [3.63, 3.8) is 0 Å². The Bertz CT molecular complexity index is 201. The van der Waals surface area contributed by atoms with Gasteiger partial charge in [0.25, 0.3) is 11.1 Å². The maximum absolute atomic E-state index is 10.7. The molecule has 10 heavy (non-hydrogen) atoms. The van der Waals surface area contributed by atoms with Crippen molar-refractivity contribution in [2.24, 2.45) is 4.99 Å². The molecule has 0 radical (unpaired) electrons. The molecule has 1 atom stereocenters. The second kappa shape index (κ2) is 2.83. The maximum atomic E-state index is 10.7. The molecule has 5 heteroatoms. The first-order valence-electron chi connectivity index (χ1n) is 2.56. The minimum atomic E-state index is -0.685. The van der Waals surface area contributed by atoms with E-state index in [2.05, 4.69) is 9.73 Å². The number of rotatable bonds is 1. The maximum Gasteiger partial charge on any atom is 0.270 e. The summed E-state index contributed by atoms with van der Waals surface area (Å²) in [6, 6.07) is 0. The number of methoxy groups -OCH3 is 1. The van der Waals surface area contributed by atoms with E-state index in [1.807, 2.05) is 0 Å². The van der Waals surface area contributed by atoms with Crippen molar-refractivity contribution in [2.75, 3.05) is 7.11 Å². The number of hydrogen-bond donors (Lipinski definition) is 0. The van der Waals surface area contributed by atoms with E-state index in [-0.39, 0.29) is 5.23 Å². The summed E-state index contributed by atoms with van der Waals surface area (Å²) in [6.07, 6.45) is 0.558. The number of nitrogens with zero attached hydrogens (tertiary/aromatic N) is 1. The summed E-state index contributed by atoms with van der Waals surface area (Å²) >= 11 is 1.03. The smallest absolute Gasteiger partial charge is 0.270 e. The first kappa shape index (κ1) is 7.27. The van der Waals surface area contributed by atoms with Crippen molar-refractivity contribution in [1.29, 1.82) is 0 Å². The summed E-state index contributed by atoms with van der Waals surface area (Å²) in [5, 5.41) is -0.419. The Morgan fingerprint density at radius 1 is 1.80 bits per heavy atom. The predicted molar refractivity (Wildman–Crippen MR) is 36.9 cm³/mol. The lowest BCUT2D eigenvalue weighted by Crippen LogP contribution is -2.10. The van der Waals surface area contributed by atoms with E-state index in [4.69, 9.17) is 0 Å². The Morgan fingerprint density at radius 2 is 2.50 bits per heavy atom. The Balaban J connectivity index is 2.66. The summed E-state index contributed by atoms with van der Waals surface area (Å²) in [5.74, 6) is -0.433. The third kappa shape index (κ3) is 1.18. The monoisotopic (exact) mass is 159 g/mol. The molecule has 0 saturated heterocycles. The van der Waals surface area contributed by atoms with E-state index < -0.39 is 11.2 Å². The third-order valence-corrected chi connectivity index (χ3v) is 2.00. The number of hydrogen-bond acceptors (Lipinski definition) is 4. The lowest BCUT2D eigenvalue weighted by atomic mass is 10.4. The molecule has 0 aliphatic carbocycles. The fourth-order valence-electron chi connectivity index (χ4n) is 0.519. The van der Waals surface area contributed by atoms with Gasteiger partial charge in [-0.15, -0.1) is 0 Å². The van der Waals surface area contributed by atoms with E-state index in [0.717, 1.165) is 11.8 Å². The average Bonchev–Trinajstić information content (AvgIpc) is 2.30. The summed E-state index contributed by atoms with van der Waals surface area (Å²) in [7, 11) is 1.41. The number of thioether (sulfide) groups is 1. The zero-order valence-electron chi connectivity index (χ0n) is 5.23. The second-order valence-electron chi connectivity index (χ2n) is 1.59. The SMILES string of the molecule is COC1=NC(=O)C(C=O)S1. The quantitative estimate of drug-likeness (QED) is 0.393. The number of aldehydes is 1. The highest BCUT2D eigenvalue weighted by atomic mass is 32.2. The van der Waals surface area contributed by atoms with Crippen LogP contribution in [0.1, 0.15) is 0 Å². The molecule has 0 aromatic rings. The zero-order chi connectivity index (χ0) is 7.56. The summed E-state index contributed by atoms with van der Waals surface area (Å²) in [4.78, 5) is 24.2. The number of carbonyl (C=O) groups is 2. The second-order valence-corrected chi connectivity index (χ2v) is 2.69. The minimum absolute atomic E-state index is 0.266. The molecule has 0 fully saturated rings. The van der Waals surface area contributed by atoms with Crippen molar-refractivity contribution in [3.8, 4) is 0 Å². The normalized spacial score (nSPS) is 24.3. The van der Waals surface area contributed by atoms with Crippen LogP contribution in [0.2, 0.25) is 0 Å². The van der Waals surface area contributed by atoms with Crippen LogP contribution in [-0.2, 0) is 14.3 Å². The highest BCUT2D eigenvalue weighted by Crippen LogP contribution is 2.20. The van der Waals surface area contributed by atoms with Crippen molar-refractivity contribution in [1.82, 2.24) is 0 Å². The lowest BCUT2D eigenvalue weighted by molar-refractivity contribution is -0.120. The topological polar surface area (TPSA) is 55.7 Å². The minimum Gasteiger partial charge on any atom is -0.476 e. The molecule has 0 aromatic heterocycles.